The monoisotopic (exact) mass is 129 g/mol. The van der Waals surface area contributed by atoms with Gasteiger partial charge in [0.25, 0.3) is 0 Å². The van der Waals surface area contributed by atoms with Crippen LogP contribution in [0.5, 0.6) is 0 Å². The van der Waals surface area contributed by atoms with Gasteiger partial charge in [-0.15, -0.1) is 0 Å². The van der Waals surface area contributed by atoms with Gasteiger partial charge in [-0.2, -0.15) is 0 Å². The van der Waals surface area contributed by atoms with Gasteiger partial charge in [0.1, 0.15) is 0 Å². The minimum absolute atomic E-state index is 0.0627. The highest BCUT2D eigenvalue weighted by Crippen LogP contribution is 2.22. The second kappa shape index (κ2) is 3.18. The molecule has 54 valence electrons. The smallest absolute Gasteiger partial charge is 0.0543 e. The summed E-state index contributed by atoms with van der Waals surface area (Å²) in [6.07, 6.45) is 4.22. The highest BCUT2D eigenvalue weighted by molar-refractivity contribution is 4.71. The van der Waals surface area contributed by atoms with E-state index in [9.17, 15) is 0 Å². The molecule has 1 saturated carbocycles. The molecule has 0 amide bonds. The highest BCUT2D eigenvalue weighted by Gasteiger charge is 2.17. The van der Waals surface area contributed by atoms with Gasteiger partial charge >= 0.3 is 0 Å². The number of nitrogens with two attached hydrogens (primary N) is 1. The first-order chi connectivity index (χ1) is 4.33. The molecule has 0 aromatic carbocycles. The maximum absolute atomic E-state index is 9.16. The Morgan fingerprint density at radius 3 is 2.67 bits per heavy atom. The van der Waals surface area contributed by atoms with Crippen LogP contribution >= 0.6 is 0 Å². The lowest BCUT2D eigenvalue weighted by molar-refractivity contribution is 0.103. The molecule has 3 N–H and O–H groups in total. The Labute approximate surface area is 56.1 Å². The van der Waals surface area contributed by atoms with Crippen LogP contribution in [0.25, 0.3) is 0 Å². The lowest BCUT2D eigenvalue weighted by Gasteiger charge is -2.24. The number of aliphatic hydroxyl groups is 1. The summed E-state index contributed by atoms with van der Waals surface area (Å²) in [5.74, 6) is 0.591. The Kier molecular flexibility index (Phi) is 2.49. The zero-order valence-corrected chi connectivity index (χ0v) is 5.71. The largest absolute Gasteiger partial charge is 0.393 e. The Hall–Kier alpha value is -0.0800. The molecule has 0 unspecified atom stereocenters. The van der Waals surface area contributed by atoms with Crippen LogP contribution in [-0.4, -0.2) is 17.8 Å². The number of hydrogen-bond acceptors (Lipinski definition) is 2. The minimum Gasteiger partial charge on any atom is -0.393 e. The van der Waals surface area contributed by atoms with Crippen LogP contribution < -0.4 is 5.73 Å². The third-order valence-electron chi connectivity index (χ3n) is 2.09. The van der Waals surface area contributed by atoms with E-state index in [1.165, 1.54) is 6.42 Å². The fourth-order valence-corrected chi connectivity index (χ4v) is 1.48. The fourth-order valence-electron chi connectivity index (χ4n) is 1.48. The van der Waals surface area contributed by atoms with Crippen LogP contribution in [0.2, 0.25) is 0 Å². The summed E-state index contributed by atoms with van der Waals surface area (Å²) in [6.45, 7) is 0.747. The van der Waals surface area contributed by atoms with Gasteiger partial charge in [0, 0.05) is 0 Å². The molecular weight excluding hydrogens is 114 g/mol. The van der Waals surface area contributed by atoms with Crippen molar-refractivity contribution in [1.82, 2.24) is 0 Å². The van der Waals surface area contributed by atoms with Gasteiger partial charge in [0.2, 0.25) is 0 Å². The Morgan fingerprint density at radius 2 is 2.22 bits per heavy atom. The Balaban J connectivity index is 2.23. The first-order valence-electron chi connectivity index (χ1n) is 3.71. The van der Waals surface area contributed by atoms with E-state index in [0.29, 0.717) is 5.92 Å². The molecule has 0 aliphatic heterocycles. The van der Waals surface area contributed by atoms with Gasteiger partial charge in [0.05, 0.1) is 6.10 Å². The molecule has 1 fully saturated rings. The highest BCUT2D eigenvalue weighted by atomic mass is 16.3. The van der Waals surface area contributed by atoms with Crippen molar-refractivity contribution in [3.8, 4) is 0 Å². The maximum Gasteiger partial charge on any atom is 0.0543 e. The van der Waals surface area contributed by atoms with Gasteiger partial charge in [0.15, 0.2) is 0 Å². The summed E-state index contributed by atoms with van der Waals surface area (Å²) in [5, 5.41) is 9.16. The minimum atomic E-state index is -0.0627. The topological polar surface area (TPSA) is 46.2 Å². The molecule has 0 heterocycles. The van der Waals surface area contributed by atoms with E-state index < -0.39 is 0 Å². The van der Waals surface area contributed by atoms with Crippen LogP contribution in [-0.2, 0) is 0 Å². The van der Waals surface area contributed by atoms with Crippen molar-refractivity contribution >= 4 is 0 Å². The van der Waals surface area contributed by atoms with Crippen molar-refractivity contribution in [2.24, 2.45) is 11.7 Å². The van der Waals surface area contributed by atoms with Crippen molar-refractivity contribution in [2.45, 2.75) is 31.8 Å². The molecule has 0 bridgehead atoms. The summed E-state index contributed by atoms with van der Waals surface area (Å²) in [6, 6.07) is 0. The molecule has 2 atom stereocenters. The lowest BCUT2D eigenvalue weighted by Crippen LogP contribution is -2.25. The molecule has 0 aromatic rings. The summed E-state index contributed by atoms with van der Waals surface area (Å²) in [7, 11) is 0. The van der Waals surface area contributed by atoms with Gasteiger partial charge < -0.3 is 10.8 Å². The maximum atomic E-state index is 9.16. The number of aliphatic hydroxyl groups excluding tert-OH is 1. The molecule has 1 aliphatic rings. The molecule has 1 rings (SSSR count). The van der Waals surface area contributed by atoms with Crippen LogP contribution in [0.3, 0.4) is 0 Å². The van der Waals surface area contributed by atoms with Crippen molar-refractivity contribution in [2.75, 3.05) is 6.54 Å². The van der Waals surface area contributed by atoms with E-state index >= 15 is 0 Å². The van der Waals surface area contributed by atoms with Gasteiger partial charge in [-0.1, -0.05) is 6.42 Å². The fraction of sp³-hybridized carbons (Fsp3) is 1.00. The molecule has 2 nitrogen and oxygen atoms in total. The average Bonchev–Trinajstić information content (AvgIpc) is 1.88. The van der Waals surface area contributed by atoms with Crippen LogP contribution in [0.1, 0.15) is 25.7 Å². The Bertz CT molecular complexity index is 85.0. The van der Waals surface area contributed by atoms with Gasteiger partial charge in [-0.05, 0) is 31.7 Å². The van der Waals surface area contributed by atoms with Crippen molar-refractivity contribution in [1.29, 1.82) is 0 Å². The summed E-state index contributed by atoms with van der Waals surface area (Å²) in [4.78, 5) is 0. The van der Waals surface area contributed by atoms with Crippen molar-refractivity contribution in [3.63, 3.8) is 0 Å². The molecule has 0 saturated heterocycles. The van der Waals surface area contributed by atoms with Crippen LogP contribution in [0.4, 0.5) is 0 Å². The van der Waals surface area contributed by atoms with Gasteiger partial charge in [-0.25, -0.2) is 0 Å². The van der Waals surface area contributed by atoms with E-state index in [2.05, 4.69) is 0 Å². The summed E-state index contributed by atoms with van der Waals surface area (Å²) < 4.78 is 0. The average molecular weight is 129 g/mol. The third-order valence-corrected chi connectivity index (χ3v) is 2.09. The normalized spacial score (nSPS) is 36.7. The SMILES string of the molecule is NC[C@H]1CCC[C@@H](O)C1. The van der Waals surface area contributed by atoms with E-state index in [0.717, 1.165) is 25.8 Å². The van der Waals surface area contributed by atoms with E-state index in [1.807, 2.05) is 0 Å². The predicted molar refractivity (Wildman–Crippen MR) is 37.0 cm³/mol. The third kappa shape index (κ3) is 1.95. The molecule has 9 heavy (non-hydrogen) atoms. The zero-order valence-electron chi connectivity index (χ0n) is 5.71. The van der Waals surface area contributed by atoms with Crippen LogP contribution in [0.15, 0.2) is 0 Å². The molecule has 1 aliphatic carbocycles. The predicted octanol–water partition coefficient (Wildman–Crippen LogP) is 0.496. The molecule has 0 spiro atoms. The molecule has 0 radical (unpaired) electrons. The van der Waals surface area contributed by atoms with E-state index in [-0.39, 0.29) is 6.10 Å². The quantitative estimate of drug-likeness (QED) is 0.541. The second-order valence-electron chi connectivity index (χ2n) is 2.92. The lowest BCUT2D eigenvalue weighted by atomic mass is 9.87. The van der Waals surface area contributed by atoms with E-state index in [1.54, 1.807) is 0 Å². The Morgan fingerprint density at radius 1 is 1.44 bits per heavy atom. The van der Waals surface area contributed by atoms with Crippen molar-refractivity contribution in [3.05, 3.63) is 0 Å². The number of rotatable bonds is 1. The molecule has 0 aromatic heterocycles. The van der Waals surface area contributed by atoms with E-state index in [4.69, 9.17) is 10.8 Å². The first kappa shape index (κ1) is 7.03. The second-order valence-corrected chi connectivity index (χ2v) is 2.92. The zero-order chi connectivity index (χ0) is 6.69. The number of hydrogen-bond donors (Lipinski definition) is 2. The van der Waals surface area contributed by atoms with Gasteiger partial charge in [-0.3, -0.25) is 0 Å². The summed E-state index contributed by atoms with van der Waals surface area (Å²) >= 11 is 0. The molecule has 2 heteroatoms. The standard InChI is InChI=1S/C7H15NO/c8-5-6-2-1-3-7(9)4-6/h6-7,9H,1-5,8H2/t6-,7+/m0/s1. The first-order valence-corrected chi connectivity index (χ1v) is 3.71. The van der Waals surface area contributed by atoms with Crippen LogP contribution in [0, 0.1) is 5.92 Å². The summed E-state index contributed by atoms with van der Waals surface area (Å²) in [5.41, 5.74) is 5.45. The van der Waals surface area contributed by atoms with Crippen molar-refractivity contribution < 1.29 is 5.11 Å². The molecular formula is C7H15NO.